The molecule has 31 heavy (non-hydrogen) atoms. The van der Waals surface area contributed by atoms with E-state index in [0.29, 0.717) is 0 Å². The molecular formula is C20H17F4N5O2. The largest absolute Gasteiger partial charge is 0.452 e. The topological polar surface area (TPSA) is 113 Å². The van der Waals surface area contributed by atoms with Gasteiger partial charge in [-0.15, -0.1) is 0 Å². The summed E-state index contributed by atoms with van der Waals surface area (Å²) in [5, 5.41) is 11.3. The third-order valence-corrected chi connectivity index (χ3v) is 4.91. The van der Waals surface area contributed by atoms with Gasteiger partial charge >= 0.3 is 6.18 Å². The Morgan fingerprint density at radius 3 is 2.71 bits per heavy atom. The lowest BCUT2D eigenvalue weighted by atomic mass is 9.81. The van der Waals surface area contributed by atoms with Crippen LogP contribution in [0.1, 0.15) is 41.4 Å². The zero-order valence-electron chi connectivity index (χ0n) is 16.2. The number of carbonyl (C=O) groups excluding carboxylic acids is 1. The Kier molecular flexibility index (Phi) is 5.83. The molecule has 1 aliphatic rings. The van der Waals surface area contributed by atoms with E-state index in [9.17, 15) is 22.4 Å². The molecule has 0 radical (unpaired) electrons. The molecule has 2 unspecified atom stereocenters. The number of nitriles is 1. The van der Waals surface area contributed by atoms with Crippen molar-refractivity contribution in [3.8, 4) is 6.07 Å². The number of nitrogens with zero attached hydrogens (tertiary/aromatic N) is 3. The molecule has 0 saturated heterocycles. The van der Waals surface area contributed by atoms with Gasteiger partial charge in [0, 0.05) is 23.9 Å². The summed E-state index contributed by atoms with van der Waals surface area (Å²) in [4.78, 5) is 20.3. The van der Waals surface area contributed by atoms with E-state index >= 15 is 0 Å². The lowest BCUT2D eigenvalue weighted by molar-refractivity contribution is -0.208. The molecule has 0 spiro atoms. The van der Waals surface area contributed by atoms with E-state index in [0.717, 1.165) is 6.07 Å². The maximum Gasteiger partial charge on any atom is 0.425 e. The van der Waals surface area contributed by atoms with Gasteiger partial charge in [0.1, 0.15) is 17.6 Å². The third kappa shape index (κ3) is 4.58. The van der Waals surface area contributed by atoms with Gasteiger partial charge < -0.3 is 15.8 Å². The molecule has 1 aromatic carbocycles. The smallest absolute Gasteiger partial charge is 0.425 e. The highest BCUT2D eigenvalue weighted by atomic mass is 19.4. The quantitative estimate of drug-likeness (QED) is 0.713. The number of carbonyl (C=O) groups is 1. The number of nitrogens with one attached hydrogen (secondary N) is 1. The minimum Gasteiger partial charge on any atom is -0.452 e. The second kappa shape index (κ2) is 8.22. The molecule has 1 aliphatic heterocycles. The van der Waals surface area contributed by atoms with Gasteiger partial charge in [0.15, 0.2) is 6.10 Å². The van der Waals surface area contributed by atoms with E-state index in [1.165, 1.54) is 30.5 Å². The second-order valence-electron chi connectivity index (χ2n) is 6.88. The van der Waals surface area contributed by atoms with Gasteiger partial charge in [-0.25, -0.2) is 14.4 Å². The number of alkyl halides is 3. The molecule has 0 aliphatic carbocycles. The van der Waals surface area contributed by atoms with Crippen molar-refractivity contribution in [2.24, 2.45) is 10.7 Å². The molecule has 1 amide bonds. The highest BCUT2D eigenvalue weighted by Crippen LogP contribution is 2.43. The number of rotatable bonds is 4. The molecule has 1 aromatic heterocycles. The zero-order valence-corrected chi connectivity index (χ0v) is 16.2. The average molecular weight is 435 g/mol. The van der Waals surface area contributed by atoms with Crippen LogP contribution in [0.4, 0.5) is 23.2 Å². The molecular weight excluding hydrogens is 418 g/mol. The van der Waals surface area contributed by atoms with E-state index in [-0.39, 0.29) is 28.9 Å². The summed E-state index contributed by atoms with van der Waals surface area (Å²) in [6.45, 7) is 1.56. The number of hydrogen-bond acceptors (Lipinski definition) is 6. The van der Waals surface area contributed by atoms with Gasteiger partial charge in [-0.1, -0.05) is 6.92 Å². The summed E-state index contributed by atoms with van der Waals surface area (Å²) in [6.07, 6.45) is -6.40. The monoisotopic (exact) mass is 435 g/mol. The van der Waals surface area contributed by atoms with Crippen molar-refractivity contribution in [3.05, 3.63) is 59.2 Å². The van der Waals surface area contributed by atoms with Gasteiger partial charge in [0.2, 0.25) is 0 Å². The van der Waals surface area contributed by atoms with Gasteiger partial charge in [0.25, 0.3) is 11.9 Å². The molecule has 2 atom stereocenters. The van der Waals surface area contributed by atoms with Crippen molar-refractivity contribution in [1.29, 1.82) is 5.26 Å². The Hall–Kier alpha value is -3.68. The Balaban J connectivity index is 1.94. The van der Waals surface area contributed by atoms with Gasteiger partial charge in [-0.2, -0.15) is 18.4 Å². The minimum atomic E-state index is -4.72. The maximum atomic E-state index is 14.7. The fourth-order valence-electron chi connectivity index (χ4n) is 3.29. The lowest BCUT2D eigenvalue weighted by Crippen LogP contribution is -2.47. The van der Waals surface area contributed by atoms with Crippen molar-refractivity contribution in [1.82, 2.24) is 4.98 Å². The van der Waals surface area contributed by atoms with Crippen LogP contribution in [0, 0.1) is 17.1 Å². The standard InChI is InChI=1S/C20H17F4N5O2/c1-2-19(8-16(20(22,23)24)31-18(26)29-19)13-7-12(4-5-14(13)21)28-17(30)15-6-3-11(9-25)10-27-15/h3-7,10,16H,2,8H2,1H3,(H2,26,29)(H,28,30). The van der Waals surface area contributed by atoms with Crippen LogP contribution in [-0.2, 0) is 10.3 Å². The number of benzene rings is 1. The van der Waals surface area contributed by atoms with Crippen molar-refractivity contribution in [2.75, 3.05) is 5.32 Å². The summed E-state index contributed by atoms with van der Waals surface area (Å²) in [5.74, 6) is -1.44. The van der Waals surface area contributed by atoms with E-state index < -0.39 is 42.0 Å². The van der Waals surface area contributed by atoms with Crippen LogP contribution in [-0.4, -0.2) is 29.2 Å². The number of hydrogen-bond donors (Lipinski definition) is 2. The number of aliphatic imine (C=N–C) groups is 1. The van der Waals surface area contributed by atoms with Crippen molar-refractivity contribution in [3.63, 3.8) is 0 Å². The predicted octanol–water partition coefficient (Wildman–Crippen LogP) is 3.62. The number of ether oxygens (including phenoxy) is 1. The number of anilines is 1. The fourth-order valence-corrected chi connectivity index (χ4v) is 3.29. The van der Waals surface area contributed by atoms with E-state index in [4.69, 9.17) is 11.0 Å². The number of halogens is 4. The molecule has 2 heterocycles. The Labute approximate surface area is 174 Å². The summed E-state index contributed by atoms with van der Waals surface area (Å²) in [5.41, 5.74) is 4.10. The Morgan fingerprint density at radius 1 is 1.39 bits per heavy atom. The number of pyridine rings is 1. The summed E-state index contributed by atoms with van der Waals surface area (Å²) in [7, 11) is 0. The second-order valence-corrected chi connectivity index (χ2v) is 6.88. The normalized spacial score (nSPS) is 20.9. The Bertz CT molecular complexity index is 1060. The molecule has 162 valence electrons. The highest BCUT2D eigenvalue weighted by Gasteiger charge is 2.51. The van der Waals surface area contributed by atoms with Crippen molar-refractivity contribution < 1.29 is 27.1 Å². The molecule has 0 saturated carbocycles. The Morgan fingerprint density at radius 2 is 2.13 bits per heavy atom. The van der Waals surface area contributed by atoms with E-state index in [2.05, 4.69) is 20.0 Å². The number of nitrogens with two attached hydrogens (primary N) is 1. The lowest BCUT2D eigenvalue weighted by Gasteiger charge is -2.38. The van der Waals surface area contributed by atoms with Crippen LogP contribution in [0.25, 0.3) is 0 Å². The van der Waals surface area contributed by atoms with Crippen molar-refractivity contribution >= 4 is 17.6 Å². The summed E-state index contributed by atoms with van der Waals surface area (Å²) >= 11 is 0. The number of amides is 1. The average Bonchev–Trinajstić information content (AvgIpc) is 2.74. The molecule has 11 heteroatoms. The molecule has 3 rings (SSSR count). The highest BCUT2D eigenvalue weighted by molar-refractivity contribution is 6.02. The van der Waals surface area contributed by atoms with Crippen LogP contribution in [0.5, 0.6) is 0 Å². The number of aromatic nitrogens is 1. The van der Waals surface area contributed by atoms with E-state index in [1.54, 1.807) is 6.92 Å². The van der Waals surface area contributed by atoms with E-state index in [1.807, 2.05) is 6.07 Å². The molecule has 0 fully saturated rings. The van der Waals surface area contributed by atoms with Crippen LogP contribution < -0.4 is 11.1 Å². The van der Waals surface area contributed by atoms with Crippen LogP contribution in [0.2, 0.25) is 0 Å². The minimum absolute atomic E-state index is 0.000506. The van der Waals surface area contributed by atoms with Gasteiger partial charge in [-0.3, -0.25) is 4.79 Å². The molecule has 0 bridgehead atoms. The first-order valence-corrected chi connectivity index (χ1v) is 9.14. The summed E-state index contributed by atoms with van der Waals surface area (Å²) in [6, 6.07) is 7.43. The van der Waals surface area contributed by atoms with Gasteiger partial charge in [0.05, 0.1) is 11.1 Å². The van der Waals surface area contributed by atoms with Crippen LogP contribution in [0.15, 0.2) is 41.5 Å². The first-order chi connectivity index (χ1) is 14.6. The molecule has 3 N–H and O–H groups in total. The number of amidine groups is 1. The maximum absolute atomic E-state index is 14.7. The molecule has 2 aromatic rings. The van der Waals surface area contributed by atoms with Gasteiger partial charge in [-0.05, 0) is 36.8 Å². The first-order valence-electron chi connectivity index (χ1n) is 9.14. The fraction of sp³-hybridized carbons (Fsp3) is 0.300. The first kappa shape index (κ1) is 22.0. The van der Waals surface area contributed by atoms with Crippen LogP contribution in [0.3, 0.4) is 0 Å². The summed E-state index contributed by atoms with van der Waals surface area (Å²) < 4.78 is 59.2. The third-order valence-electron chi connectivity index (χ3n) is 4.91. The van der Waals surface area contributed by atoms with Crippen LogP contribution >= 0.6 is 0 Å². The SMILES string of the molecule is CCC1(c2cc(NC(=O)c3ccc(C#N)cn3)ccc2F)CC(C(F)(F)F)OC(N)=N1. The molecule has 7 nitrogen and oxygen atoms in total. The van der Waals surface area contributed by atoms with Crippen molar-refractivity contribution in [2.45, 2.75) is 37.6 Å². The zero-order chi connectivity index (χ0) is 22.8. The predicted molar refractivity (Wildman–Crippen MR) is 102 cm³/mol.